The zero-order valence-electron chi connectivity index (χ0n) is 9.19. The van der Waals surface area contributed by atoms with E-state index in [0.717, 1.165) is 0 Å². The Bertz CT molecular complexity index is 579. The molecule has 92 valence electrons. The van der Waals surface area contributed by atoms with Crippen LogP contribution in [0.1, 0.15) is 9.67 Å². The van der Waals surface area contributed by atoms with E-state index in [0.29, 0.717) is 20.6 Å². The van der Waals surface area contributed by atoms with Crippen molar-refractivity contribution in [2.24, 2.45) is 0 Å². The lowest BCUT2D eigenvalue weighted by atomic mass is 10.3. The first-order valence-electron chi connectivity index (χ1n) is 5.13. The minimum Gasteiger partial charge on any atom is -0.360 e. The van der Waals surface area contributed by atoms with E-state index in [1.807, 2.05) is 11.4 Å². The normalized spacial score (nSPS) is 10.8. The minimum atomic E-state index is -0.0393. The number of benzene rings is 1. The summed E-state index contributed by atoms with van der Waals surface area (Å²) in [4.78, 5) is 12.4. The van der Waals surface area contributed by atoms with Crippen LogP contribution in [0.3, 0.4) is 0 Å². The highest BCUT2D eigenvalue weighted by Gasteiger charge is 2.02. The standard InChI is InChI=1S/C13H9Cl2NOS/c14-9-3-4-11(10(15)8-9)16-6-5-12(17)13-2-1-7-18-13/h1-8,16H/b6-5-. The fraction of sp³-hybridized carbons (Fsp3) is 0. The van der Waals surface area contributed by atoms with Gasteiger partial charge in [0.2, 0.25) is 0 Å². The third-order valence-electron chi connectivity index (χ3n) is 2.17. The Morgan fingerprint density at radius 2 is 2.11 bits per heavy atom. The number of hydrogen-bond acceptors (Lipinski definition) is 3. The second kappa shape index (κ2) is 6.05. The Morgan fingerprint density at radius 1 is 1.28 bits per heavy atom. The average Bonchev–Trinajstić information content (AvgIpc) is 2.85. The van der Waals surface area contributed by atoms with E-state index in [4.69, 9.17) is 23.2 Å². The lowest BCUT2D eigenvalue weighted by Gasteiger charge is -2.03. The lowest BCUT2D eigenvalue weighted by molar-refractivity contribution is 0.105. The zero-order valence-corrected chi connectivity index (χ0v) is 11.5. The molecule has 0 aliphatic heterocycles. The van der Waals surface area contributed by atoms with Crippen LogP contribution in [-0.2, 0) is 0 Å². The molecule has 0 spiro atoms. The quantitative estimate of drug-likeness (QED) is 0.645. The molecule has 1 heterocycles. The van der Waals surface area contributed by atoms with Gasteiger partial charge in [0.1, 0.15) is 0 Å². The maximum atomic E-state index is 11.7. The summed E-state index contributed by atoms with van der Waals surface area (Å²) < 4.78 is 0. The molecule has 5 heteroatoms. The van der Waals surface area contributed by atoms with Gasteiger partial charge in [-0.15, -0.1) is 11.3 Å². The van der Waals surface area contributed by atoms with Crippen molar-refractivity contribution in [3.05, 3.63) is 62.9 Å². The number of rotatable bonds is 4. The van der Waals surface area contributed by atoms with Gasteiger partial charge in [-0.1, -0.05) is 29.3 Å². The number of thiophene rings is 1. The molecule has 0 bridgehead atoms. The largest absolute Gasteiger partial charge is 0.360 e. The molecule has 1 N–H and O–H groups in total. The minimum absolute atomic E-state index is 0.0393. The Hall–Kier alpha value is -1.29. The summed E-state index contributed by atoms with van der Waals surface area (Å²) in [5.74, 6) is -0.0393. The number of allylic oxidation sites excluding steroid dienone is 1. The van der Waals surface area contributed by atoms with Crippen molar-refractivity contribution in [2.45, 2.75) is 0 Å². The van der Waals surface area contributed by atoms with Gasteiger partial charge in [0.15, 0.2) is 5.78 Å². The van der Waals surface area contributed by atoms with Crippen molar-refractivity contribution in [3.8, 4) is 0 Å². The Morgan fingerprint density at radius 3 is 2.78 bits per heavy atom. The summed E-state index contributed by atoms with van der Waals surface area (Å²) in [6.45, 7) is 0. The molecule has 2 nitrogen and oxygen atoms in total. The number of ketones is 1. The molecule has 0 unspecified atom stereocenters. The fourth-order valence-electron chi connectivity index (χ4n) is 1.31. The van der Waals surface area contributed by atoms with E-state index >= 15 is 0 Å². The summed E-state index contributed by atoms with van der Waals surface area (Å²) in [5.41, 5.74) is 0.705. The van der Waals surface area contributed by atoms with Crippen LogP contribution < -0.4 is 5.32 Å². The average molecular weight is 298 g/mol. The second-order valence-corrected chi connectivity index (χ2v) is 5.23. The maximum Gasteiger partial charge on any atom is 0.197 e. The molecule has 0 amide bonds. The summed E-state index contributed by atoms with van der Waals surface area (Å²) in [7, 11) is 0. The summed E-state index contributed by atoms with van der Waals surface area (Å²) in [6, 6.07) is 8.75. The highest BCUT2D eigenvalue weighted by Crippen LogP contribution is 2.25. The third-order valence-corrected chi connectivity index (χ3v) is 3.60. The van der Waals surface area contributed by atoms with Crippen molar-refractivity contribution < 1.29 is 4.79 Å². The third kappa shape index (κ3) is 3.35. The van der Waals surface area contributed by atoms with Gasteiger partial charge in [0.25, 0.3) is 0 Å². The predicted molar refractivity (Wildman–Crippen MR) is 77.9 cm³/mol. The van der Waals surface area contributed by atoms with E-state index in [2.05, 4.69) is 5.32 Å². The van der Waals surface area contributed by atoms with E-state index in [9.17, 15) is 4.79 Å². The number of halogens is 2. The second-order valence-electron chi connectivity index (χ2n) is 3.44. The van der Waals surface area contributed by atoms with Crippen molar-refractivity contribution in [1.29, 1.82) is 0 Å². The molecule has 1 aromatic carbocycles. The van der Waals surface area contributed by atoms with Gasteiger partial charge in [-0.3, -0.25) is 4.79 Å². The van der Waals surface area contributed by atoms with Gasteiger partial charge in [-0.25, -0.2) is 0 Å². The van der Waals surface area contributed by atoms with Crippen LogP contribution in [0.5, 0.6) is 0 Å². The van der Waals surface area contributed by atoms with E-state index in [-0.39, 0.29) is 5.78 Å². The molecule has 0 saturated carbocycles. The van der Waals surface area contributed by atoms with E-state index in [1.165, 1.54) is 17.4 Å². The molecule has 0 aliphatic carbocycles. The smallest absolute Gasteiger partial charge is 0.197 e. The lowest BCUT2D eigenvalue weighted by Crippen LogP contribution is -1.93. The highest BCUT2D eigenvalue weighted by atomic mass is 35.5. The first kappa shape index (κ1) is 13.1. The van der Waals surface area contributed by atoms with Gasteiger partial charge < -0.3 is 5.32 Å². The predicted octanol–water partition coefficient (Wildman–Crippen LogP) is 4.86. The van der Waals surface area contributed by atoms with Gasteiger partial charge >= 0.3 is 0 Å². The Kier molecular flexibility index (Phi) is 4.42. The first-order valence-corrected chi connectivity index (χ1v) is 6.76. The topological polar surface area (TPSA) is 29.1 Å². The molecule has 0 saturated heterocycles. The number of nitrogens with one attached hydrogen (secondary N) is 1. The molecule has 2 aromatic rings. The Balaban J connectivity index is 2.01. The van der Waals surface area contributed by atoms with Crippen molar-refractivity contribution in [1.82, 2.24) is 0 Å². The molecular weight excluding hydrogens is 289 g/mol. The molecule has 18 heavy (non-hydrogen) atoms. The van der Waals surface area contributed by atoms with E-state index < -0.39 is 0 Å². The molecule has 0 radical (unpaired) electrons. The Labute approximate surface area is 119 Å². The van der Waals surface area contributed by atoms with Crippen molar-refractivity contribution in [3.63, 3.8) is 0 Å². The summed E-state index contributed by atoms with van der Waals surface area (Å²) >= 11 is 13.2. The highest BCUT2D eigenvalue weighted by molar-refractivity contribution is 7.12. The number of carbonyl (C=O) groups is 1. The first-order chi connectivity index (χ1) is 8.66. The van der Waals surface area contributed by atoms with Gasteiger partial charge in [-0.2, -0.15) is 0 Å². The maximum absolute atomic E-state index is 11.7. The van der Waals surface area contributed by atoms with Crippen LogP contribution in [0, 0.1) is 0 Å². The van der Waals surface area contributed by atoms with Crippen LogP contribution >= 0.6 is 34.5 Å². The van der Waals surface area contributed by atoms with Crippen LogP contribution in [0.15, 0.2) is 48.0 Å². The van der Waals surface area contributed by atoms with Crippen LogP contribution in [0.25, 0.3) is 0 Å². The summed E-state index contributed by atoms with van der Waals surface area (Å²) in [5, 5.41) is 5.89. The van der Waals surface area contributed by atoms with Crippen LogP contribution in [0.2, 0.25) is 10.0 Å². The zero-order chi connectivity index (χ0) is 13.0. The van der Waals surface area contributed by atoms with Gasteiger partial charge in [0, 0.05) is 17.3 Å². The number of hydrogen-bond donors (Lipinski definition) is 1. The monoisotopic (exact) mass is 297 g/mol. The van der Waals surface area contributed by atoms with Gasteiger partial charge in [0.05, 0.1) is 15.6 Å². The molecule has 1 aromatic heterocycles. The molecule has 0 atom stereocenters. The number of carbonyl (C=O) groups excluding carboxylic acids is 1. The van der Waals surface area contributed by atoms with Gasteiger partial charge in [-0.05, 0) is 29.6 Å². The molecular formula is C13H9Cl2NOS. The van der Waals surface area contributed by atoms with E-state index in [1.54, 1.807) is 30.5 Å². The van der Waals surface area contributed by atoms with Crippen LogP contribution in [-0.4, -0.2) is 5.78 Å². The number of anilines is 1. The van der Waals surface area contributed by atoms with Crippen molar-refractivity contribution in [2.75, 3.05) is 5.32 Å². The SMILES string of the molecule is O=C(/C=C\Nc1ccc(Cl)cc1Cl)c1cccs1. The molecule has 2 rings (SSSR count). The fourth-order valence-corrected chi connectivity index (χ4v) is 2.42. The molecule has 0 fully saturated rings. The van der Waals surface area contributed by atoms with Crippen molar-refractivity contribution >= 4 is 46.0 Å². The van der Waals surface area contributed by atoms with Crippen LogP contribution in [0.4, 0.5) is 5.69 Å². The molecule has 0 aliphatic rings. The summed E-state index contributed by atoms with van der Waals surface area (Å²) in [6.07, 6.45) is 3.04.